The SMILES string of the molecule is CC=C1CCCC1=CC(C#Cc1cc(N)c(-c2c(N)cc(/C=C/C)c3nsnc23)c2nsnc12)=C([C]#[Os])[P+](c1ccccc1)(c1ccccc1)c1ccccc1. The van der Waals surface area contributed by atoms with Crippen LogP contribution in [0, 0.1) is 16.2 Å². The molecule has 10 heteroatoms. The summed E-state index contributed by atoms with van der Waals surface area (Å²) in [6.45, 7) is 4.10. The molecule has 0 atom stereocenters. The first kappa shape index (κ1) is 37.6. The van der Waals surface area contributed by atoms with Crippen molar-refractivity contribution in [3.8, 4) is 27.3 Å². The van der Waals surface area contributed by atoms with Crippen molar-refractivity contribution in [1.29, 1.82) is 0 Å². The van der Waals surface area contributed by atoms with Gasteiger partial charge in [0.2, 0.25) is 0 Å². The molecule has 7 aromatic rings. The van der Waals surface area contributed by atoms with E-state index in [0.29, 0.717) is 44.6 Å². The standard InChI is InChI=1S/C46H37N6PS2.Os/c1-4-16-34-28-39(47)41(45-43(34)49-54-51-45)42-40(48)29-35(44-46(42)52-55-50-44)26-25-32(27-33-18-15-17-31(33)5-2)30(3)53(36-19-9-6-10-20-36,37-21-11-7-12-22-37)38-23-13-8-14-24-38;/h4-14,16,19-24,27-29H,15,17-18,47-48H2,1-2H3;/q+1;/b16-4+,31-5?,32-30?,33-27?;. The van der Waals surface area contributed by atoms with Crippen molar-refractivity contribution in [2.45, 2.75) is 33.1 Å². The van der Waals surface area contributed by atoms with E-state index in [-0.39, 0.29) is 0 Å². The van der Waals surface area contributed by atoms with Crippen LogP contribution in [0.1, 0.15) is 44.2 Å². The number of fused-ring (bicyclic) bond motifs is 2. The molecule has 0 saturated heterocycles. The maximum absolute atomic E-state index is 6.98. The van der Waals surface area contributed by atoms with Gasteiger partial charge < -0.3 is 0 Å². The predicted octanol–water partition coefficient (Wildman–Crippen LogP) is 9.72. The van der Waals surface area contributed by atoms with Crippen molar-refractivity contribution in [3.05, 3.63) is 155 Å². The van der Waals surface area contributed by atoms with E-state index in [1.807, 2.05) is 31.2 Å². The van der Waals surface area contributed by atoms with Crippen molar-refractivity contribution in [2.24, 2.45) is 0 Å². The zero-order valence-electron chi connectivity index (χ0n) is 30.8. The van der Waals surface area contributed by atoms with Gasteiger partial charge in [-0.3, -0.25) is 0 Å². The van der Waals surface area contributed by atoms with Gasteiger partial charge >= 0.3 is 307 Å². The molecule has 2 aromatic heterocycles. The molecule has 1 aliphatic carbocycles. The molecule has 0 amide bonds. The fourth-order valence-electron chi connectivity index (χ4n) is 7.71. The molecular formula is C46H37N6OsPS2+. The van der Waals surface area contributed by atoms with Gasteiger partial charge in [-0.05, 0) is 6.92 Å². The van der Waals surface area contributed by atoms with Crippen LogP contribution in [0.3, 0.4) is 0 Å². The molecule has 4 N–H and O–H groups in total. The summed E-state index contributed by atoms with van der Waals surface area (Å²) in [6, 6.07) is 36.4. The summed E-state index contributed by atoms with van der Waals surface area (Å²) in [7, 11) is -2.52. The summed E-state index contributed by atoms with van der Waals surface area (Å²) in [5, 5.41) is 4.80. The summed E-state index contributed by atoms with van der Waals surface area (Å²) in [6.07, 6.45) is 11.7. The topological polar surface area (TPSA) is 104 Å². The van der Waals surface area contributed by atoms with Crippen LogP contribution in [0.4, 0.5) is 11.4 Å². The number of nitrogens with two attached hydrogens (primary N) is 2. The van der Waals surface area contributed by atoms with Gasteiger partial charge in [0.05, 0.1) is 11.7 Å². The second-order valence-electron chi connectivity index (χ2n) is 13.4. The third kappa shape index (κ3) is 6.69. The minimum absolute atomic E-state index is 0.500. The molecule has 0 bridgehead atoms. The van der Waals surface area contributed by atoms with Crippen LogP contribution >= 0.6 is 30.7 Å². The molecule has 1 saturated carbocycles. The van der Waals surface area contributed by atoms with Gasteiger partial charge in [-0.25, -0.2) is 0 Å². The van der Waals surface area contributed by atoms with Gasteiger partial charge in [0.15, 0.2) is 0 Å². The third-order valence-corrected chi connectivity index (χ3v) is 16.6. The Kier molecular flexibility index (Phi) is 11.0. The van der Waals surface area contributed by atoms with Crippen molar-refractivity contribution in [1.82, 2.24) is 17.5 Å². The maximum atomic E-state index is 6.98. The summed E-state index contributed by atoms with van der Waals surface area (Å²) in [5.74, 6) is 7.30. The fourth-order valence-corrected chi connectivity index (χ4v) is 14.6. The molecule has 0 radical (unpaired) electrons. The van der Waals surface area contributed by atoms with Crippen molar-refractivity contribution >= 4 is 86.2 Å². The summed E-state index contributed by atoms with van der Waals surface area (Å²) < 4.78 is 22.6. The molecule has 275 valence electrons. The predicted molar refractivity (Wildman–Crippen MR) is 236 cm³/mol. The minimum atomic E-state index is -2.52. The summed E-state index contributed by atoms with van der Waals surface area (Å²) in [4.78, 5) is 0. The van der Waals surface area contributed by atoms with Gasteiger partial charge in [-0.1, -0.05) is 12.2 Å². The van der Waals surface area contributed by atoms with Crippen LogP contribution in [-0.4, -0.2) is 17.5 Å². The van der Waals surface area contributed by atoms with E-state index >= 15 is 0 Å². The van der Waals surface area contributed by atoms with Crippen molar-refractivity contribution in [2.75, 3.05) is 11.5 Å². The van der Waals surface area contributed by atoms with E-state index in [4.69, 9.17) is 20.2 Å². The first-order valence-electron chi connectivity index (χ1n) is 18.3. The van der Waals surface area contributed by atoms with Crippen molar-refractivity contribution in [3.63, 3.8) is 0 Å². The molecule has 0 unspecified atom stereocenters. The molecule has 0 aliphatic heterocycles. The zero-order chi connectivity index (χ0) is 38.6. The average Bonchev–Trinajstić information content (AvgIpc) is 4.03. The third-order valence-electron chi connectivity index (χ3n) is 10.2. The Morgan fingerprint density at radius 2 is 1.21 bits per heavy atom. The molecule has 5 aromatic carbocycles. The monoisotopic (exact) mass is 960 g/mol. The first-order chi connectivity index (χ1) is 27.5. The van der Waals surface area contributed by atoms with Gasteiger partial charge in [0.25, 0.3) is 0 Å². The number of anilines is 2. The zero-order valence-corrected chi connectivity index (χ0v) is 35.9. The van der Waals surface area contributed by atoms with Crippen LogP contribution < -0.4 is 27.4 Å². The molecule has 0 spiro atoms. The second kappa shape index (κ2) is 16.4. The number of nitrogen functional groups attached to an aromatic ring is 2. The Bertz CT molecular complexity index is 2740. The Labute approximate surface area is 345 Å². The van der Waals surface area contributed by atoms with Crippen LogP contribution in [0.2, 0.25) is 0 Å². The van der Waals surface area contributed by atoms with Gasteiger partial charge in [0.1, 0.15) is 0 Å². The van der Waals surface area contributed by atoms with Crippen LogP contribution in [-0.2, 0) is 17.9 Å². The molecular weight excluding hydrogens is 922 g/mol. The summed E-state index contributed by atoms with van der Waals surface area (Å²) in [5.41, 5.74) is 24.2. The molecule has 8 rings (SSSR count). The number of nitrogens with zero attached hydrogens (tertiary/aromatic N) is 4. The van der Waals surface area contributed by atoms with Crippen LogP contribution in [0.5, 0.6) is 0 Å². The Balaban J connectivity index is 1.42. The van der Waals surface area contributed by atoms with E-state index in [2.05, 4.69) is 135 Å². The van der Waals surface area contributed by atoms with E-state index in [0.717, 1.165) is 64.7 Å². The molecule has 1 fully saturated rings. The van der Waals surface area contributed by atoms with E-state index in [1.165, 1.54) is 27.1 Å². The van der Waals surface area contributed by atoms with Gasteiger partial charge in [-0.2, -0.15) is 4.37 Å². The van der Waals surface area contributed by atoms with Crippen molar-refractivity contribution < 1.29 is 17.9 Å². The Hall–Kier alpha value is -5.29. The number of allylic oxidation sites excluding steroid dienone is 7. The summed E-state index contributed by atoms with van der Waals surface area (Å²) >= 11 is 4.05. The molecule has 6 nitrogen and oxygen atoms in total. The average molecular weight is 959 g/mol. The fraction of sp³-hybridized carbons (Fsp3) is 0.109. The first-order valence-corrected chi connectivity index (χ1v) is 22.8. The normalized spacial score (nSPS) is 15.0. The number of hydrogen-bond acceptors (Lipinski definition) is 8. The van der Waals surface area contributed by atoms with Gasteiger partial charge in [0, 0.05) is 5.56 Å². The molecule has 2 heterocycles. The number of benzene rings is 5. The van der Waals surface area contributed by atoms with E-state index in [9.17, 15) is 0 Å². The number of hydrogen-bond donors (Lipinski definition) is 2. The number of aromatic nitrogens is 4. The van der Waals surface area contributed by atoms with Crippen LogP contribution in [0.15, 0.2) is 143 Å². The van der Waals surface area contributed by atoms with Crippen LogP contribution in [0.25, 0.3) is 39.3 Å². The molecule has 56 heavy (non-hydrogen) atoms. The van der Waals surface area contributed by atoms with E-state index in [1.54, 1.807) is 17.9 Å². The second-order valence-corrected chi connectivity index (χ2v) is 18.4. The molecule has 1 aliphatic rings. The van der Waals surface area contributed by atoms with E-state index < -0.39 is 7.26 Å². The Morgan fingerprint density at radius 1 is 0.696 bits per heavy atom. The Morgan fingerprint density at radius 3 is 1.77 bits per heavy atom. The quantitative estimate of drug-likeness (QED) is 0.0938. The van der Waals surface area contributed by atoms with Gasteiger partial charge in [-0.15, -0.1) is 0 Å². The number of rotatable bonds is 7.